The standard InChI is InChI=1S/C25H20N4O/c1-29-16-24(18-10-12-26-13-11-18)25(28-29)19-6-8-23(9-7-19)30-17-22-14-20-4-2-3-5-21(20)15-27-22/h2-16H,17H2,1H3. The number of benzene rings is 2. The summed E-state index contributed by atoms with van der Waals surface area (Å²) in [4.78, 5) is 8.60. The number of ether oxygens (including phenoxy) is 1. The van der Waals surface area contributed by atoms with Crippen LogP contribution < -0.4 is 4.74 Å². The summed E-state index contributed by atoms with van der Waals surface area (Å²) in [7, 11) is 1.93. The first kappa shape index (κ1) is 18.1. The van der Waals surface area contributed by atoms with Gasteiger partial charge in [-0.05, 0) is 53.4 Å². The average Bonchev–Trinajstić information content (AvgIpc) is 3.20. The maximum Gasteiger partial charge on any atom is 0.130 e. The van der Waals surface area contributed by atoms with Crippen LogP contribution in [0.5, 0.6) is 5.75 Å². The van der Waals surface area contributed by atoms with E-state index < -0.39 is 0 Å². The van der Waals surface area contributed by atoms with Crippen molar-refractivity contribution in [3.63, 3.8) is 0 Å². The minimum absolute atomic E-state index is 0.427. The number of pyridine rings is 2. The third-order valence-corrected chi connectivity index (χ3v) is 5.02. The van der Waals surface area contributed by atoms with E-state index in [2.05, 4.69) is 33.3 Å². The monoisotopic (exact) mass is 392 g/mol. The minimum Gasteiger partial charge on any atom is -0.487 e. The smallest absolute Gasteiger partial charge is 0.130 e. The van der Waals surface area contributed by atoms with Crippen molar-refractivity contribution >= 4 is 10.8 Å². The Kier molecular flexibility index (Phi) is 4.69. The molecule has 0 bridgehead atoms. The molecule has 0 unspecified atom stereocenters. The van der Waals surface area contributed by atoms with E-state index in [-0.39, 0.29) is 0 Å². The van der Waals surface area contributed by atoms with Gasteiger partial charge in [-0.25, -0.2) is 0 Å². The van der Waals surface area contributed by atoms with Crippen LogP contribution in [0.4, 0.5) is 0 Å². The van der Waals surface area contributed by atoms with E-state index in [1.54, 1.807) is 12.4 Å². The fourth-order valence-electron chi connectivity index (χ4n) is 3.52. The van der Waals surface area contributed by atoms with Crippen LogP contribution in [0.2, 0.25) is 0 Å². The zero-order chi connectivity index (χ0) is 20.3. The van der Waals surface area contributed by atoms with Gasteiger partial charge in [0, 0.05) is 48.3 Å². The lowest BCUT2D eigenvalue weighted by Gasteiger charge is -2.08. The molecule has 0 amide bonds. The summed E-state index contributed by atoms with van der Waals surface area (Å²) < 4.78 is 7.79. The van der Waals surface area contributed by atoms with E-state index in [9.17, 15) is 0 Å². The Labute approximate surface area is 174 Å². The average molecular weight is 392 g/mol. The van der Waals surface area contributed by atoms with E-state index in [1.807, 2.05) is 72.7 Å². The molecule has 0 N–H and O–H groups in total. The van der Waals surface area contributed by atoms with Gasteiger partial charge in [-0.2, -0.15) is 5.10 Å². The largest absolute Gasteiger partial charge is 0.487 e. The molecule has 0 aliphatic heterocycles. The molecule has 2 aromatic carbocycles. The van der Waals surface area contributed by atoms with Crippen molar-refractivity contribution in [2.75, 3.05) is 0 Å². The van der Waals surface area contributed by atoms with Gasteiger partial charge < -0.3 is 4.74 Å². The van der Waals surface area contributed by atoms with E-state index in [0.717, 1.165) is 39.2 Å². The highest BCUT2D eigenvalue weighted by atomic mass is 16.5. The summed E-state index contributed by atoms with van der Waals surface area (Å²) in [5, 5.41) is 6.95. The van der Waals surface area contributed by atoms with Crippen molar-refractivity contribution < 1.29 is 4.74 Å². The van der Waals surface area contributed by atoms with Crippen molar-refractivity contribution in [1.82, 2.24) is 19.7 Å². The second-order valence-corrected chi connectivity index (χ2v) is 7.14. The molecule has 5 aromatic rings. The molecule has 0 radical (unpaired) electrons. The van der Waals surface area contributed by atoms with Gasteiger partial charge in [0.1, 0.15) is 18.1 Å². The molecule has 5 nitrogen and oxygen atoms in total. The summed E-state index contributed by atoms with van der Waals surface area (Å²) >= 11 is 0. The van der Waals surface area contributed by atoms with Crippen LogP contribution in [-0.2, 0) is 13.7 Å². The van der Waals surface area contributed by atoms with E-state index in [0.29, 0.717) is 6.61 Å². The number of aromatic nitrogens is 4. The molecule has 30 heavy (non-hydrogen) atoms. The molecule has 146 valence electrons. The van der Waals surface area contributed by atoms with Crippen molar-refractivity contribution in [2.45, 2.75) is 6.61 Å². The zero-order valence-electron chi connectivity index (χ0n) is 16.6. The molecule has 5 heteroatoms. The predicted octanol–water partition coefficient (Wildman–Crippen LogP) is 5.28. The number of rotatable bonds is 5. The summed E-state index contributed by atoms with van der Waals surface area (Å²) in [6, 6.07) is 22.3. The second kappa shape index (κ2) is 7.79. The van der Waals surface area contributed by atoms with Crippen LogP contribution >= 0.6 is 0 Å². The van der Waals surface area contributed by atoms with Crippen LogP contribution in [0.3, 0.4) is 0 Å². The summed E-state index contributed by atoms with van der Waals surface area (Å²) in [6.07, 6.45) is 7.51. The highest BCUT2D eigenvalue weighted by molar-refractivity contribution is 5.82. The lowest BCUT2D eigenvalue weighted by molar-refractivity contribution is 0.301. The number of hydrogen-bond donors (Lipinski definition) is 0. The van der Waals surface area contributed by atoms with E-state index in [4.69, 9.17) is 4.74 Å². The highest BCUT2D eigenvalue weighted by Gasteiger charge is 2.12. The topological polar surface area (TPSA) is 52.8 Å². The molecule has 0 saturated heterocycles. The van der Waals surface area contributed by atoms with E-state index >= 15 is 0 Å². The van der Waals surface area contributed by atoms with Gasteiger partial charge in [0.15, 0.2) is 0 Å². The molecule has 5 rings (SSSR count). The second-order valence-electron chi connectivity index (χ2n) is 7.14. The lowest BCUT2D eigenvalue weighted by atomic mass is 10.0. The Hall–Kier alpha value is -3.99. The summed E-state index contributed by atoms with van der Waals surface area (Å²) in [5.74, 6) is 0.801. The Bertz CT molecular complexity index is 1290. The normalized spacial score (nSPS) is 11.0. The van der Waals surface area contributed by atoms with Crippen LogP contribution in [0, 0.1) is 0 Å². The number of aryl methyl sites for hydroxylation is 1. The third-order valence-electron chi connectivity index (χ3n) is 5.02. The van der Waals surface area contributed by atoms with Crippen molar-refractivity contribution in [2.24, 2.45) is 7.05 Å². The molecule has 0 atom stereocenters. The first-order valence-electron chi connectivity index (χ1n) is 9.77. The van der Waals surface area contributed by atoms with Crippen molar-refractivity contribution in [3.8, 4) is 28.1 Å². The lowest BCUT2D eigenvalue weighted by Crippen LogP contribution is -1.98. The van der Waals surface area contributed by atoms with Crippen LogP contribution in [0.1, 0.15) is 5.69 Å². The first-order chi connectivity index (χ1) is 14.8. The number of fused-ring (bicyclic) bond motifs is 1. The van der Waals surface area contributed by atoms with Crippen LogP contribution in [-0.4, -0.2) is 19.7 Å². The van der Waals surface area contributed by atoms with Gasteiger partial charge in [-0.15, -0.1) is 0 Å². The predicted molar refractivity (Wildman–Crippen MR) is 118 cm³/mol. The molecule has 0 saturated carbocycles. The first-order valence-corrected chi connectivity index (χ1v) is 9.77. The van der Waals surface area contributed by atoms with Crippen LogP contribution in [0.15, 0.2) is 91.5 Å². The molecule has 0 aliphatic carbocycles. The summed E-state index contributed by atoms with van der Waals surface area (Å²) in [5.41, 5.74) is 5.05. The molecular formula is C25H20N4O. The van der Waals surface area contributed by atoms with Gasteiger partial charge >= 0.3 is 0 Å². The quantitative estimate of drug-likeness (QED) is 0.408. The summed E-state index contributed by atoms with van der Waals surface area (Å²) in [6.45, 7) is 0.427. The minimum atomic E-state index is 0.427. The van der Waals surface area contributed by atoms with E-state index in [1.165, 1.54) is 5.39 Å². The fraction of sp³-hybridized carbons (Fsp3) is 0.0800. The Morgan fingerprint density at radius 2 is 1.63 bits per heavy atom. The Morgan fingerprint density at radius 3 is 2.43 bits per heavy atom. The SMILES string of the molecule is Cn1cc(-c2ccncc2)c(-c2ccc(OCc3cc4ccccc4cn3)cc2)n1. The van der Waals surface area contributed by atoms with Gasteiger partial charge in [-0.3, -0.25) is 14.6 Å². The fourth-order valence-corrected chi connectivity index (χ4v) is 3.52. The number of hydrogen-bond acceptors (Lipinski definition) is 4. The van der Waals surface area contributed by atoms with Gasteiger partial charge in [-0.1, -0.05) is 24.3 Å². The third kappa shape index (κ3) is 3.65. The highest BCUT2D eigenvalue weighted by Crippen LogP contribution is 2.31. The molecule has 0 spiro atoms. The van der Waals surface area contributed by atoms with Gasteiger partial charge in [0.05, 0.1) is 5.69 Å². The number of nitrogens with zero attached hydrogens (tertiary/aromatic N) is 4. The Balaban J connectivity index is 1.35. The molecule has 3 heterocycles. The van der Waals surface area contributed by atoms with Gasteiger partial charge in [0.2, 0.25) is 0 Å². The molecular weight excluding hydrogens is 372 g/mol. The maximum absolute atomic E-state index is 5.96. The molecule has 0 aliphatic rings. The Morgan fingerprint density at radius 1 is 0.867 bits per heavy atom. The van der Waals surface area contributed by atoms with Gasteiger partial charge in [0.25, 0.3) is 0 Å². The van der Waals surface area contributed by atoms with Crippen molar-refractivity contribution in [1.29, 1.82) is 0 Å². The molecule has 3 aromatic heterocycles. The van der Waals surface area contributed by atoms with Crippen molar-refractivity contribution in [3.05, 3.63) is 97.2 Å². The maximum atomic E-state index is 5.96. The molecule has 0 fully saturated rings. The zero-order valence-corrected chi connectivity index (χ0v) is 16.6. The van der Waals surface area contributed by atoms with Crippen LogP contribution in [0.25, 0.3) is 33.2 Å².